The molecule has 1 aliphatic rings. The van der Waals surface area contributed by atoms with Crippen molar-refractivity contribution in [3.8, 4) is 5.75 Å². The second kappa shape index (κ2) is 4.99. The van der Waals surface area contributed by atoms with Gasteiger partial charge in [-0.2, -0.15) is 0 Å². The van der Waals surface area contributed by atoms with Gasteiger partial charge in [-0.25, -0.2) is 0 Å². The number of nitrogens with two attached hydrogens (primary N) is 1. The number of ether oxygens (including phenoxy) is 1. The van der Waals surface area contributed by atoms with Crippen LogP contribution < -0.4 is 15.4 Å². The maximum absolute atomic E-state index is 12.2. The van der Waals surface area contributed by atoms with Crippen LogP contribution in [0.2, 0.25) is 0 Å². The zero-order valence-corrected chi connectivity index (χ0v) is 10.0. The van der Waals surface area contributed by atoms with E-state index in [1.165, 1.54) is 12.1 Å². The van der Waals surface area contributed by atoms with E-state index in [0.29, 0.717) is 18.8 Å². The molecule has 1 aromatic rings. The summed E-state index contributed by atoms with van der Waals surface area (Å²) in [6.07, 6.45) is -2.89. The zero-order valence-electron chi connectivity index (χ0n) is 10.0. The summed E-state index contributed by atoms with van der Waals surface area (Å²) in [4.78, 5) is 13.1. The third-order valence-corrected chi connectivity index (χ3v) is 2.91. The first-order valence-corrected chi connectivity index (χ1v) is 5.81. The van der Waals surface area contributed by atoms with E-state index < -0.39 is 12.3 Å². The van der Waals surface area contributed by atoms with E-state index in [1.54, 1.807) is 0 Å². The van der Waals surface area contributed by atoms with Gasteiger partial charge in [-0.15, -0.1) is 13.2 Å². The van der Waals surface area contributed by atoms with Crippen LogP contribution in [0.1, 0.15) is 23.2 Å². The van der Waals surface area contributed by atoms with Crippen molar-refractivity contribution >= 4 is 11.6 Å². The minimum Gasteiger partial charge on any atom is -0.406 e. The third kappa shape index (κ3) is 3.30. The molecule has 0 unspecified atom stereocenters. The van der Waals surface area contributed by atoms with Crippen LogP contribution in [0.3, 0.4) is 0 Å². The van der Waals surface area contributed by atoms with Crippen LogP contribution in [-0.4, -0.2) is 25.4 Å². The molecule has 19 heavy (non-hydrogen) atoms. The Bertz CT molecular complexity index is 482. The fraction of sp³-hybridized carbons (Fsp3) is 0.417. The Balaban J connectivity index is 2.35. The molecule has 1 aromatic carbocycles. The monoisotopic (exact) mass is 274 g/mol. The Morgan fingerprint density at radius 2 is 1.89 bits per heavy atom. The van der Waals surface area contributed by atoms with Gasteiger partial charge in [0.05, 0.1) is 11.3 Å². The number of hydrogen-bond donors (Lipinski definition) is 1. The van der Waals surface area contributed by atoms with E-state index in [0.717, 1.165) is 18.9 Å². The topological polar surface area (TPSA) is 55.6 Å². The number of carbonyl (C=O) groups is 1. The normalized spacial score (nSPS) is 15.6. The van der Waals surface area contributed by atoms with Crippen LogP contribution in [0.25, 0.3) is 0 Å². The van der Waals surface area contributed by atoms with E-state index in [9.17, 15) is 18.0 Å². The first-order valence-electron chi connectivity index (χ1n) is 5.81. The number of halogens is 3. The van der Waals surface area contributed by atoms with Crippen LogP contribution in [0.15, 0.2) is 18.2 Å². The third-order valence-electron chi connectivity index (χ3n) is 2.91. The molecule has 2 N–H and O–H groups in total. The zero-order chi connectivity index (χ0) is 14.0. The summed E-state index contributed by atoms with van der Waals surface area (Å²) >= 11 is 0. The lowest BCUT2D eigenvalue weighted by atomic mass is 10.1. The van der Waals surface area contributed by atoms with Gasteiger partial charge in [-0.05, 0) is 25.0 Å². The largest absolute Gasteiger partial charge is 0.573 e. The van der Waals surface area contributed by atoms with Crippen molar-refractivity contribution in [2.45, 2.75) is 19.2 Å². The maximum atomic E-state index is 12.2. The van der Waals surface area contributed by atoms with Crippen molar-refractivity contribution in [1.29, 1.82) is 0 Å². The Kier molecular flexibility index (Phi) is 3.55. The molecule has 4 nitrogen and oxygen atoms in total. The Labute approximate surface area is 107 Å². The quantitative estimate of drug-likeness (QED) is 0.920. The molecule has 1 aliphatic heterocycles. The molecule has 2 rings (SSSR count). The van der Waals surface area contributed by atoms with E-state index in [-0.39, 0.29) is 11.3 Å². The molecule has 1 amide bonds. The van der Waals surface area contributed by atoms with Gasteiger partial charge in [0.1, 0.15) is 5.75 Å². The van der Waals surface area contributed by atoms with Crippen LogP contribution >= 0.6 is 0 Å². The number of benzene rings is 1. The predicted molar refractivity (Wildman–Crippen MR) is 63.1 cm³/mol. The summed E-state index contributed by atoms with van der Waals surface area (Å²) in [7, 11) is 0. The summed E-state index contributed by atoms with van der Waals surface area (Å²) in [5.74, 6) is -1.01. The van der Waals surface area contributed by atoms with E-state index in [4.69, 9.17) is 5.73 Å². The molecule has 0 radical (unpaired) electrons. The van der Waals surface area contributed by atoms with Gasteiger partial charge >= 0.3 is 6.36 Å². The maximum Gasteiger partial charge on any atom is 0.573 e. The molecule has 1 saturated heterocycles. The lowest BCUT2D eigenvalue weighted by Gasteiger charge is -2.21. The average molecular weight is 274 g/mol. The Morgan fingerprint density at radius 1 is 1.26 bits per heavy atom. The van der Waals surface area contributed by atoms with Crippen molar-refractivity contribution in [3.63, 3.8) is 0 Å². The van der Waals surface area contributed by atoms with Gasteiger partial charge in [0.25, 0.3) is 5.91 Å². The summed E-state index contributed by atoms with van der Waals surface area (Å²) < 4.78 is 40.4. The SMILES string of the molecule is NC(=O)c1ccc(OC(F)(F)F)cc1N1CCCC1. The summed E-state index contributed by atoms with van der Waals surface area (Å²) in [5.41, 5.74) is 5.83. The molecule has 0 bridgehead atoms. The molecule has 1 heterocycles. The number of hydrogen-bond acceptors (Lipinski definition) is 3. The Hall–Kier alpha value is -1.92. The highest BCUT2D eigenvalue weighted by Crippen LogP contribution is 2.31. The first kappa shape index (κ1) is 13.5. The highest BCUT2D eigenvalue weighted by Gasteiger charge is 2.31. The number of carbonyl (C=O) groups excluding carboxylic acids is 1. The molecular formula is C12H13F3N2O2. The molecule has 0 spiro atoms. The van der Waals surface area contributed by atoms with Gasteiger partial charge in [-0.1, -0.05) is 0 Å². The van der Waals surface area contributed by atoms with Crippen molar-refractivity contribution in [3.05, 3.63) is 23.8 Å². The van der Waals surface area contributed by atoms with Crippen LogP contribution in [0, 0.1) is 0 Å². The summed E-state index contributed by atoms with van der Waals surface area (Å²) in [6.45, 7) is 1.38. The number of amides is 1. The molecule has 0 aliphatic carbocycles. The highest BCUT2D eigenvalue weighted by molar-refractivity contribution is 5.99. The lowest BCUT2D eigenvalue weighted by molar-refractivity contribution is -0.274. The number of rotatable bonds is 3. The van der Waals surface area contributed by atoms with Crippen LogP contribution in [0.5, 0.6) is 5.75 Å². The summed E-state index contributed by atoms with van der Waals surface area (Å²) in [5, 5.41) is 0. The Morgan fingerprint density at radius 3 is 2.42 bits per heavy atom. The van der Waals surface area contributed by atoms with Crippen molar-refractivity contribution < 1.29 is 22.7 Å². The van der Waals surface area contributed by atoms with Gasteiger partial charge in [-0.3, -0.25) is 4.79 Å². The predicted octanol–water partition coefficient (Wildman–Crippen LogP) is 2.28. The number of primary amides is 1. The van der Waals surface area contributed by atoms with Crippen LogP contribution in [-0.2, 0) is 0 Å². The van der Waals surface area contributed by atoms with E-state index in [1.807, 2.05) is 4.90 Å². The minimum atomic E-state index is -4.75. The molecule has 0 atom stereocenters. The minimum absolute atomic E-state index is 0.205. The van der Waals surface area contributed by atoms with E-state index in [2.05, 4.69) is 4.74 Å². The first-order chi connectivity index (χ1) is 8.87. The van der Waals surface area contributed by atoms with E-state index >= 15 is 0 Å². The summed E-state index contributed by atoms with van der Waals surface area (Å²) in [6, 6.07) is 3.56. The molecule has 104 valence electrons. The molecular weight excluding hydrogens is 261 g/mol. The van der Waals surface area contributed by atoms with Gasteiger partial charge in [0.15, 0.2) is 0 Å². The fourth-order valence-electron chi connectivity index (χ4n) is 2.14. The standard InChI is InChI=1S/C12H13F3N2O2/c13-12(14,15)19-8-3-4-9(11(16)18)10(7-8)17-5-1-2-6-17/h3-4,7H,1-2,5-6H2,(H2,16,18). The molecule has 7 heteroatoms. The number of nitrogens with zero attached hydrogens (tertiary/aromatic N) is 1. The number of anilines is 1. The molecule has 1 fully saturated rings. The van der Waals surface area contributed by atoms with Gasteiger partial charge in [0.2, 0.25) is 0 Å². The van der Waals surface area contributed by atoms with Gasteiger partial charge in [0, 0.05) is 19.2 Å². The fourth-order valence-corrected chi connectivity index (χ4v) is 2.14. The van der Waals surface area contributed by atoms with Crippen LogP contribution in [0.4, 0.5) is 18.9 Å². The smallest absolute Gasteiger partial charge is 0.406 e. The lowest BCUT2D eigenvalue weighted by Crippen LogP contribution is -2.24. The highest BCUT2D eigenvalue weighted by atomic mass is 19.4. The second-order valence-electron chi connectivity index (χ2n) is 4.29. The number of alkyl halides is 3. The average Bonchev–Trinajstić information content (AvgIpc) is 2.79. The second-order valence-corrected chi connectivity index (χ2v) is 4.29. The van der Waals surface area contributed by atoms with Crippen molar-refractivity contribution in [2.75, 3.05) is 18.0 Å². The van der Waals surface area contributed by atoms with Crippen molar-refractivity contribution in [1.82, 2.24) is 0 Å². The molecule has 0 saturated carbocycles. The molecule has 0 aromatic heterocycles. The van der Waals surface area contributed by atoms with Crippen molar-refractivity contribution in [2.24, 2.45) is 5.73 Å². The van der Waals surface area contributed by atoms with Gasteiger partial charge < -0.3 is 15.4 Å².